The van der Waals surface area contributed by atoms with Gasteiger partial charge in [0.15, 0.2) is 0 Å². The lowest BCUT2D eigenvalue weighted by Crippen LogP contribution is -2.62. The van der Waals surface area contributed by atoms with E-state index in [0.717, 1.165) is 38.6 Å². The maximum atomic E-state index is 12.8. The molecule has 5 rings (SSSR count). The molecule has 0 spiro atoms. The molecule has 3 fully saturated rings. The number of piperidine rings is 1. The number of amides is 1. The van der Waals surface area contributed by atoms with E-state index in [2.05, 4.69) is 35.9 Å². The van der Waals surface area contributed by atoms with Crippen LogP contribution in [0.2, 0.25) is 0 Å². The molecule has 0 N–H and O–H groups in total. The molecule has 1 aromatic heterocycles. The summed E-state index contributed by atoms with van der Waals surface area (Å²) < 4.78 is 0. The fraction of sp³-hybridized carbons (Fsp3) is 0.625. The van der Waals surface area contributed by atoms with E-state index in [1.807, 2.05) is 18.5 Å². The first-order chi connectivity index (χ1) is 13.4. The molecule has 4 aliphatic rings. The van der Waals surface area contributed by atoms with Crippen LogP contribution in [0.5, 0.6) is 0 Å². The Morgan fingerprint density at radius 2 is 2.00 bits per heavy atom. The van der Waals surface area contributed by atoms with Crippen molar-refractivity contribution < 1.29 is 9.59 Å². The Labute approximate surface area is 167 Å². The lowest BCUT2D eigenvalue weighted by Gasteiger charge is -2.59. The summed E-state index contributed by atoms with van der Waals surface area (Å²) in [6.07, 6.45) is 12.3. The Kier molecular flexibility index (Phi) is 4.05. The average Bonchev–Trinajstić information content (AvgIpc) is 2.99. The molecule has 1 aromatic rings. The van der Waals surface area contributed by atoms with Gasteiger partial charge in [0, 0.05) is 30.9 Å². The Morgan fingerprint density at radius 1 is 1.14 bits per heavy atom. The van der Waals surface area contributed by atoms with Gasteiger partial charge in [-0.05, 0) is 79.4 Å². The van der Waals surface area contributed by atoms with Crippen LogP contribution < -0.4 is 0 Å². The third-order valence-corrected chi connectivity index (χ3v) is 8.65. The van der Waals surface area contributed by atoms with Crippen molar-refractivity contribution in [1.82, 2.24) is 9.88 Å². The van der Waals surface area contributed by atoms with E-state index in [4.69, 9.17) is 0 Å². The molecule has 2 aliphatic heterocycles. The number of carbonyl (C=O) groups excluding carboxylic acids is 2. The molecule has 5 atom stereocenters. The quantitative estimate of drug-likeness (QED) is 0.686. The molecule has 148 valence electrons. The van der Waals surface area contributed by atoms with Gasteiger partial charge in [0.25, 0.3) is 0 Å². The minimum absolute atomic E-state index is 0.0670. The number of hydrogen-bond donors (Lipinski definition) is 0. The van der Waals surface area contributed by atoms with E-state index in [1.165, 1.54) is 11.1 Å². The summed E-state index contributed by atoms with van der Waals surface area (Å²) in [7, 11) is 0. The molecule has 2 saturated heterocycles. The van der Waals surface area contributed by atoms with Gasteiger partial charge >= 0.3 is 0 Å². The van der Waals surface area contributed by atoms with Crippen molar-refractivity contribution in [2.45, 2.75) is 64.3 Å². The first kappa shape index (κ1) is 18.1. The van der Waals surface area contributed by atoms with E-state index in [9.17, 15) is 9.59 Å². The van der Waals surface area contributed by atoms with Crippen molar-refractivity contribution in [1.29, 1.82) is 0 Å². The second-order valence-electron chi connectivity index (χ2n) is 9.83. The molecular weight excluding hydrogens is 348 g/mol. The Bertz CT molecular complexity index is 847. The predicted molar refractivity (Wildman–Crippen MR) is 108 cm³/mol. The maximum Gasteiger partial charge on any atom is 0.230 e. The van der Waals surface area contributed by atoms with Crippen LogP contribution in [-0.2, 0) is 9.59 Å². The van der Waals surface area contributed by atoms with Crippen LogP contribution >= 0.6 is 0 Å². The monoisotopic (exact) mass is 378 g/mol. The zero-order valence-corrected chi connectivity index (χ0v) is 17.0. The normalized spacial score (nSPS) is 40.3. The smallest absolute Gasteiger partial charge is 0.230 e. The number of allylic oxidation sites excluding steroid dienone is 2. The van der Waals surface area contributed by atoms with E-state index in [-0.39, 0.29) is 29.1 Å². The minimum atomic E-state index is -0.148. The zero-order valence-electron chi connectivity index (χ0n) is 17.0. The highest BCUT2D eigenvalue weighted by Crippen LogP contribution is 2.63. The minimum Gasteiger partial charge on any atom is -0.337 e. The van der Waals surface area contributed by atoms with Gasteiger partial charge < -0.3 is 4.90 Å². The fourth-order valence-corrected chi connectivity index (χ4v) is 7.21. The second kappa shape index (κ2) is 6.27. The largest absolute Gasteiger partial charge is 0.337 e. The first-order valence-electron chi connectivity index (χ1n) is 10.9. The molecule has 0 bridgehead atoms. The summed E-state index contributed by atoms with van der Waals surface area (Å²) in [6.45, 7) is 5.54. The fourth-order valence-electron chi connectivity index (χ4n) is 7.21. The molecule has 4 heteroatoms. The lowest BCUT2D eigenvalue weighted by atomic mass is 9.52. The highest BCUT2D eigenvalue weighted by Gasteiger charge is 2.58. The Morgan fingerprint density at radius 3 is 2.79 bits per heavy atom. The number of fused-ring (bicyclic) bond motifs is 5. The summed E-state index contributed by atoms with van der Waals surface area (Å²) in [5, 5.41) is 0. The zero-order chi connectivity index (χ0) is 19.5. The standard InChI is InChI=1S/C24H30N2O2/c1-23-10-8-21-18(20(23)6-5-19(23)16-4-3-12-25-15-16)9-13-26-22(28)14-17(27)7-11-24(21,26)2/h3-5,12,15,18,20-21H,6-11,13-14H2,1-2H3. The molecule has 0 aromatic carbocycles. The van der Waals surface area contributed by atoms with Crippen molar-refractivity contribution in [2.24, 2.45) is 23.2 Å². The third kappa shape index (κ3) is 2.46. The van der Waals surface area contributed by atoms with Gasteiger partial charge in [-0.15, -0.1) is 0 Å². The number of pyridine rings is 1. The van der Waals surface area contributed by atoms with Gasteiger partial charge in [-0.2, -0.15) is 0 Å². The van der Waals surface area contributed by atoms with Crippen LogP contribution in [0.4, 0.5) is 0 Å². The van der Waals surface area contributed by atoms with Gasteiger partial charge in [0.2, 0.25) is 5.91 Å². The van der Waals surface area contributed by atoms with Crippen LogP contribution in [0.3, 0.4) is 0 Å². The van der Waals surface area contributed by atoms with Crippen molar-refractivity contribution in [3.8, 4) is 0 Å². The molecule has 4 nitrogen and oxygen atoms in total. The summed E-state index contributed by atoms with van der Waals surface area (Å²) in [4.78, 5) is 31.3. The highest BCUT2D eigenvalue weighted by molar-refractivity contribution is 5.99. The van der Waals surface area contributed by atoms with E-state index < -0.39 is 0 Å². The van der Waals surface area contributed by atoms with Crippen LogP contribution in [0.1, 0.15) is 64.4 Å². The van der Waals surface area contributed by atoms with Crippen molar-refractivity contribution in [2.75, 3.05) is 6.54 Å². The van der Waals surface area contributed by atoms with Gasteiger partial charge in [-0.1, -0.05) is 19.1 Å². The summed E-state index contributed by atoms with van der Waals surface area (Å²) in [5.74, 6) is 1.97. The van der Waals surface area contributed by atoms with Crippen LogP contribution in [0.15, 0.2) is 30.6 Å². The summed E-state index contributed by atoms with van der Waals surface area (Å²) in [5.41, 5.74) is 2.80. The maximum absolute atomic E-state index is 12.8. The van der Waals surface area contributed by atoms with Gasteiger partial charge in [-0.25, -0.2) is 0 Å². The Balaban J connectivity index is 1.47. The molecule has 0 radical (unpaired) electrons. The van der Waals surface area contributed by atoms with Crippen molar-refractivity contribution in [3.63, 3.8) is 0 Å². The average molecular weight is 379 g/mol. The number of hydrogen-bond acceptors (Lipinski definition) is 3. The lowest BCUT2D eigenvalue weighted by molar-refractivity contribution is -0.150. The van der Waals surface area contributed by atoms with Crippen molar-refractivity contribution >= 4 is 17.3 Å². The summed E-state index contributed by atoms with van der Waals surface area (Å²) >= 11 is 0. The molecule has 3 heterocycles. The first-order valence-corrected chi connectivity index (χ1v) is 10.9. The molecule has 1 amide bonds. The molecule has 1 saturated carbocycles. The number of rotatable bonds is 1. The summed E-state index contributed by atoms with van der Waals surface area (Å²) in [6, 6.07) is 4.23. The number of Topliss-reactive ketones (excluding diaryl/α,β-unsaturated/α-hetero) is 1. The van der Waals surface area contributed by atoms with Crippen LogP contribution in [0.25, 0.3) is 5.57 Å². The SMILES string of the molecule is CC12CCC3C(CCN4C(=O)CC(=O)CCC34C)C1CC=C2c1cccnc1. The van der Waals surface area contributed by atoms with Crippen LogP contribution in [-0.4, -0.2) is 33.7 Å². The molecule has 2 aliphatic carbocycles. The molecule has 5 unspecified atom stereocenters. The predicted octanol–water partition coefficient (Wildman–Crippen LogP) is 4.26. The number of ketones is 1. The van der Waals surface area contributed by atoms with Crippen molar-refractivity contribution in [3.05, 3.63) is 36.2 Å². The Hall–Kier alpha value is -1.97. The van der Waals surface area contributed by atoms with Crippen LogP contribution in [0, 0.1) is 23.2 Å². The number of carbonyl (C=O) groups is 2. The van der Waals surface area contributed by atoms with E-state index in [1.54, 1.807) is 0 Å². The van der Waals surface area contributed by atoms with Gasteiger partial charge in [-0.3, -0.25) is 14.6 Å². The highest BCUT2D eigenvalue weighted by atomic mass is 16.2. The second-order valence-corrected chi connectivity index (χ2v) is 9.83. The van der Waals surface area contributed by atoms with E-state index >= 15 is 0 Å². The third-order valence-electron chi connectivity index (χ3n) is 8.65. The van der Waals surface area contributed by atoms with E-state index in [0.29, 0.717) is 24.2 Å². The molecular formula is C24H30N2O2. The number of nitrogens with zero attached hydrogens (tertiary/aromatic N) is 2. The van der Waals surface area contributed by atoms with Gasteiger partial charge in [0.05, 0.1) is 6.42 Å². The van der Waals surface area contributed by atoms with Gasteiger partial charge in [0.1, 0.15) is 5.78 Å². The molecule has 28 heavy (non-hydrogen) atoms. The topological polar surface area (TPSA) is 50.3 Å². The number of aromatic nitrogens is 1.